The molecule has 0 radical (unpaired) electrons. The zero-order chi connectivity index (χ0) is 20.5. The molecule has 150 valence electrons. The SMILES string of the molecule is COCCn1c(Cc2ccc(-c3n[nH]c4cc(F)cnc34)cc2)nc2cccnc21. The van der Waals surface area contributed by atoms with Gasteiger partial charge in [0.1, 0.15) is 28.4 Å². The van der Waals surface area contributed by atoms with E-state index in [0.717, 1.165) is 28.1 Å². The van der Waals surface area contributed by atoms with Crippen molar-refractivity contribution < 1.29 is 9.13 Å². The molecule has 0 saturated heterocycles. The van der Waals surface area contributed by atoms with Crippen LogP contribution in [0.3, 0.4) is 0 Å². The number of imidazole rings is 1. The highest BCUT2D eigenvalue weighted by molar-refractivity contribution is 5.89. The Hall–Kier alpha value is -3.65. The van der Waals surface area contributed by atoms with Crippen LogP contribution in [0.1, 0.15) is 11.4 Å². The van der Waals surface area contributed by atoms with E-state index in [2.05, 4.69) is 24.7 Å². The average molecular weight is 402 g/mol. The van der Waals surface area contributed by atoms with Crippen molar-refractivity contribution in [3.63, 3.8) is 0 Å². The lowest BCUT2D eigenvalue weighted by molar-refractivity contribution is 0.187. The zero-order valence-electron chi connectivity index (χ0n) is 16.3. The molecule has 4 aromatic heterocycles. The Labute approximate surface area is 171 Å². The molecule has 30 heavy (non-hydrogen) atoms. The molecule has 0 saturated carbocycles. The van der Waals surface area contributed by atoms with Crippen LogP contribution in [0.2, 0.25) is 0 Å². The first kappa shape index (κ1) is 18.4. The number of aromatic amines is 1. The number of nitrogens with zero attached hydrogens (tertiary/aromatic N) is 5. The molecule has 0 bridgehead atoms. The molecular formula is C22H19FN6O. The maximum Gasteiger partial charge on any atom is 0.160 e. The molecule has 7 nitrogen and oxygen atoms in total. The zero-order valence-corrected chi connectivity index (χ0v) is 16.3. The third kappa shape index (κ3) is 3.31. The summed E-state index contributed by atoms with van der Waals surface area (Å²) in [6, 6.07) is 13.3. The van der Waals surface area contributed by atoms with E-state index >= 15 is 0 Å². The molecule has 0 atom stereocenters. The number of ether oxygens (including phenoxy) is 1. The van der Waals surface area contributed by atoms with Crippen LogP contribution in [0.4, 0.5) is 4.39 Å². The van der Waals surface area contributed by atoms with E-state index in [1.54, 1.807) is 13.3 Å². The van der Waals surface area contributed by atoms with Crippen molar-refractivity contribution in [1.82, 2.24) is 29.7 Å². The molecule has 5 rings (SSSR count). The number of rotatable bonds is 6. The maximum absolute atomic E-state index is 13.4. The van der Waals surface area contributed by atoms with Gasteiger partial charge in [-0.25, -0.2) is 19.3 Å². The predicted octanol–water partition coefficient (Wildman–Crippen LogP) is 3.75. The molecular weight excluding hydrogens is 383 g/mol. The number of H-pyrrole nitrogens is 1. The van der Waals surface area contributed by atoms with Gasteiger partial charge in [0.2, 0.25) is 0 Å². The number of hydrogen-bond donors (Lipinski definition) is 1. The van der Waals surface area contributed by atoms with Crippen LogP contribution in [0.15, 0.2) is 54.9 Å². The molecule has 0 unspecified atom stereocenters. The summed E-state index contributed by atoms with van der Waals surface area (Å²) in [6.45, 7) is 1.28. The second kappa shape index (κ2) is 7.64. The standard InChI is InChI=1S/C22H19FN6O/c1-30-10-9-29-19(26-17-3-2-8-24-22(17)29)11-14-4-6-15(7-5-14)20-21-18(27-28-20)12-16(23)13-25-21/h2-8,12-13H,9-11H2,1H3,(H,27,28). The monoisotopic (exact) mass is 402 g/mol. The summed E-state index contributed by atoms with van der Waals surface area (Å²) in [5.41, 5.74) is 5.70. The highest BCUT2D eigenvalue weighted by atomic mass is 19.1. The van der Waals surface area contributed by atoms with E-state index in [-0.39, 0.29) is 5.82 Å². The second-order valence-corrected chi connectivity index (χ2v) is 7.01. The van der Waals surface area contributed by atoms with Crippen molar-refractivity contribution in [2.75, 3.05) is 13.7 Å². The summed E-state index contributed by atoms with van der Waals surface area (Å²) in [5.74, 6) is 0.551. The predicted molar refractivity (Wildman–Crippen MR) is 111 cm³/mol. The average Bonchev–Trinajstić information content (AvgIpc) is 3.33. The van der Waals surface area contributed by atoms with E-state index in [1.807, 2.05) is 36.4 Å². The highest BCUT2D eigenvalue weighted by Crippen LogP contribution is 2.26. The summed E-state index contributed by atoms with van der Waals surface area (Å²) >= 11 is 0. The van der Waals surface area contributed by atoms with Gasteiger partial charge in [-0.15, -0.1) is 0 Å². The molecule has 0 aliphatic heterocycles. The van der Waals surface area contributed by atoms with E-state index in [9.17, 15) is 4.39 Å². The topological polar surface area (TPSA) is 81.5 Å². The van der Waals surface area contributed by atoms with Gasteiger partial charge in [0.25, 0.3) is 0 Å². The largest absolute Gasteiger partial charge is 0.383 e. The number of aromatic nitrogens is 6. The fourth-order valence-corrected chi connectivity index (χ4v) is 3.60. The Balaban J connectivity index is 1.45. The van der Waals surface area contributed by atoms with E-state index < -0.39 is 0 Å². The summed E-state index contributed by atoms with van der Waals surface area (Å²) in [6.07, 6.45) is 3.65. The lowest BCUT2D eigenvalue weighted by Gasteiger charge is -2.08. The number of hydrogen-bond acceptors (Lipinski definition) is 5. The smallest absolute Gasteiger partial charge is 0.160 e. The number of benzene rings is 1. The molecule has 1 N–H and O–H groups in total. The molecule has 0 amide bonds. The molecule has 0 fully saturated rings. The second-order valence-electron chi connectivity index (χ2n) is 7.01. The third-order valence-corrected chi connectivity index (χ3v) is 5.06. The number of methoxy groups -OCH3 is 1. The van der Waals surface area contributed by atoms with E-state index in [0.29, 0.717) is 36.3 Å². The van der Waals surface area contributed by atoms with Crippen molar-refractivity contribution in [2.24, 2.45) is 0 Å². The maximum atomic E-state index is 13.4. The minimum atomic E-state index is -0.390. The quantitative estimate of drug-likeness (QED) is 0.468. The van der Waals surface area contributed by atoms with Crippen LogP contribution in [-0.2, 0) is 17.7 Å². The number of halogens is 1. The summed E-state index contributed by atoms with van der Waals surface area (Å²) in [5, 5.41) is 7.14. The van der Waals surface area contributed by atoms with E-state index in [4.69, 9.17) is 9.72 Å². The summed E-state index contributed by atoms with van der Waals surface area (Å²) in [7, 11) is 1.69. The van der Waals surface area contributed by atoms with Crippen molar-refractivity contribution in [1.29, 1.82) is 0 Å². The molecule has 5 aromatic rings. The van der Waals surface area contributed by atoms with Gasteiger partial charge in [0, 0.05) is 37.9 Å². The van der Waals surface area contributed by atoms with Crippen LogP contribution in [0.25, 0.3) is 33.5 Å². The van der Waals surface area contributed by atoms with Crippen LogP contribution < -0.4 is 0 Å². The van der Waals surface area contributed by atoms with Crippen molar-refractivity contribution >= 4 is 22.2 Å². The van der Waals surface area contributed by atoms with Crippen molar-refractivity contribution in [3.8, 4) is 11.3 Å². The summed E-state index contributed by atoms with van der Waals surface area (Å²) in [4.78, 5) is 13.4. The first-order valence-corrected chi connectivity index (χ1v) is 9.61. The fraction of sp³-hybridized carbons (Fsp3) is 0.182. The van der Waals surface area contributed by atoms with Gasteiger partial charge in [0.05, 0.1) is 18.3 Å². The first-order chi connectivity index (χ1) is 14.7. The van der Waals surface area contributed by atoms with Gasteiger partial charge in [-0.3, -0.25) is 5.10 Å². The Morgan fingerprint density at radius 1 is 1.13 bits per heavy atom. The normalized spacial score (nSPS) is 11.5. The van der Waals surface area contributed by atoms with Gasteiger partial charge in [-0.1, -0.05) is 24.3 Å². The van der Waals surface area contributed by atoms with Gasteiger partial charge < -0.3 is 9.30 Å². The Kier molecular flexibility index (Phi) is 4.68. The van der Waals surface area contributed by atoms with Crippen molar-refractivity contribution in [2.45, 2.75) is 13.0 Å². The van der Waals surface area contributed by atoms with Crippen LogP contribution in [0.5, 0.6) is 0 Å². The van der Waals surface area contributed by atoms with Crippen molar-refractivity contribution in [3.05, 3.63) is 72.1 Å². The van der Waals surface area contributed by atoms with Gasteiger partial charge in [-0.2, -0.15) is 5.10 Å². The number of fused-ring (bicyclic) bond motifs is 2. The molecule has 4 heterocycles. The minimum Gasteiger partial charge on any atom is -0.383 e. The van der Waals surface area contributed by atoms with Gasteiger partial charge in [0.15, 0.2) is 5.65 Å². The molecule has 0 aliphatic carbocycles. The van der Waals surface area contributed by atoms with E-state index in [1.165, 1.54) is 12.3 Å². The third-order valence-electron chi connectivity index (χ3n) is 5.06. The van der Waals surface area contributed by atoms with Crippen LogP contribution in [0, 0.1) is 5.82 Å². The molecule has 1 aromatic carbocycles. The van der Waals surface area contributed by atoms with Gasteiger partial charge >= 0.3 is 0 Å². The lowest BCUT2D eigenvalue weighted by atomic mass is 10.1. The van der Waals surface area contributed by atoms with Crippen LogP contribution in [-0.4, -0.2) is 43.4 Å². The Morgan fingerprint density at radius 2 is 2.00 bits per heavy atom. The Morgan fingerprint density at radius 3 is 2.83 bits per heavy atom. The summed E-state index contributed by atoms with van der Waals surface area (Å²) < 4.78 is 20.7. The molecule has 0 aliphatic rings. The number of nitrogens with one attached hydrogen (secondary N) is 1. The lowest BCUT2D eigenvalue weighted by Crippen LogP contribution is -2.09. The fourth-order valence-electron chi connectivity index (χ4n) is 3.60. The molecule has 8 heteroatoms. The number of pyridine rings is 2. The Bertz CT molecular complexity index is 1320. The van der Waals surface area contributed by atoms with Crippen LogP contribution >= 0.6 is 0 Å². The first-order valence-electron chi connectivity index (χ1n) is 9.61. The highest BCUT2D eigenvalue weighted by Gasteiger charge is 2.13. The molecule has 0 spiro atoms. The van der Waals surface area contributed by atoms with Gasteiger partial charge in [-0.05, 0) is 17.7 Å². The minimum absolute atomic E-state index is 0.390.